The molecule has 1 aliphatic carbocycles. The van der Waals surface area contributed by atoms with Crippen LogP contribution in [-0.4, -0.2) is 38.5 Å². The fourth-order valence-corrected chi connectivity index (χ4v) is 3.50. The van der Waals surface area contributed by atoms with E-state index in [0.717, 1.165) is 18.2 Å². The highest BCUT2D eigenvalue weighted by Crippen LogP contribution is 2.38. The summed E-state index contributed by atoms with van der Waals surface area (Å²) in [6, 6.07) is 4.98. The van der Waals surface area contributed by atoms with Gasteiger partial charge in [0.25, 0.3) is 0 Å². The fraction of sp³-hybridized carbons (Fsp3) is 0.286. The van der Waals surface area contributed by atoms with Crippen LogP contribution in [0.2, 0.25) is 0 Å². The first kappa shape index (κ1) is 23.5. The van der Waals surface area contributed by atoms with Gasteiger partial charge in [-0.05, 0) is 29.8 Å². The van der Waals surface area contributed by atoms with Crippen molar-refractivity contribution >= 4 is 22.5 Å². The molecule has 0 aliphatic heterocycles. The zero-order valence-electron chi connectivity index (χ0n) is 17.3. The molecule has 1 aliphatic rings. The van der Waals surface area contributed by atoms with Crippen molar-refractivity contribution in [1.82, 2.24) is 19.7 Å². The summed E-state index contributed by atoms with van der Waals surface area (Å²) in [6.45, 7) is 1.38. The zero-order valence-corrected chi connectivity index (χ0v) is 17.3. The van der Waals surface area contributed by atoms with Gasteiger partial charge in [0.05, 0.1) is 23.7 Å². The molecule has 13 heteroatoms. The van der Waals surface area contributed by atoms with Crippen molar-refractivity contribution < 1.29 is 35.5 Å². The Bertz CT molecular complexity index is 1250. The molecule has 4 rings (SSSR count). The van der Waals surface area contributed by atoms with E-state index in [4.69, 9.17) is 0 Å². The molecule has 34 heavy (non-hydrogen) atoms. The molecular weight excluding hydrogens is 471 g/mol. The molecule has 2 aromatic heterocycles. The monoisotopic (exact) mass is 487 g/mol. The predicted molar refractivity (Wildman–Crippen MR) is 108 cm³/mol. The van der Waals surface area contributed by atoms with Gasteiger partial charge in [0, 0.05) is 11.6 Å². The van der Waals surface area contributed by atoms with Crippen molar-refractivity contribution in [1.29, 1.82) is 0 Å². The van der Waals surface area contributed by atoms with Crippen LogP contribution in [0.1, 0.15) is 6.92 Å². The Hall–Kier alpha value is -3.64. The number of ether oxygens (including phenoxy) is 1. The van der Waals surface area contributed by atoms with E-state index in [1.807, 2.05) is 0 Å². The molecule has 0 fully saturated rings. The first-order chi connectivity index (χ1) is 15.9. The van der Waals surface area contributed by atoms with Gasteiger partial charge in [0.1, 0.15) is 24.1 Å². The van der Waals surface area contributed by atoms with Gasteiger partial charge in [0.15, 0.2) is 5.65 Å². The topological polar surface area (TPSA) is 64.9 Å². The fourth-order valence-electron chi connectivity index (χ4n) is 3.50. The van der Waals surface area contributed by atoms with E-state index in [2.05, 4.69) is 25.1 Å². The quantitative estimate of drug-likeness (QED) is 0.456. The highest BCUT2D eigenvalue weighted by molar-refractivity contribution is 5.88. The van der Waals surface area contributed by atoms with Gasteiger partial charge < -0.3 is 10.1 Å². The number of anilines is 2. The lowest BCUT2D eigenvalue weighted by Gasteiger charge is -2.27. The molecule has 6 nitrogen and oxygen atoms in total. The first-order valence-corrected chi connectivity index (χ1v) is 9.83. The van der Waals surface area contributed by atoms with Crippen LogP contribution in [0.4, 0.5) is 42.2 Å². The largest absolute Gasteiger partial charge is 0.573 e. The molecule has 1 aromatic carbocycles. The summed E-state index contributed by atoms with van der Waals surface area (Å²) in [4.78, 5) is 8.26. The van der Waals surface area contributed by atoms with Gasteiger partial charge in [0.2, 0.25) is 0 Å². The molecular formula is C21H16F7N5O. The summed E-state index contributed by atoms with van der Waals surface area (Å²) in [5.74, 6) is -1.10. The zero-order chi connectivity index (χ0) is 24.7. The maximum Gasteiger partial charge on any atom is 0.573 e. The van der Waals surface area contributed by atoms with Gasteiger partial charge in [-0.3, -0.25) is 0 Å². The second-order valence-corrected chi connectivity index (χ2v) is 7.51. The highest BCUT2D eigenvalue weighted by Gasteiger charge is 2.43. The highest BCUT2D eigenvalue weighted by atomic mass is 19.4. The van der Waals surface area contributed by atoms with Crippen molar-refractivity contribution in [2.24, 2.45) is 5.92 Å². The van der Waals surface area contributed by atoms with E-state index in [-0.39, 0.29) is 12.3 Å². The maximum atomic E-state index is 14.4. The third-order valence-electron chi connectivity index (χ3n) is 5.24. The minimum atomic E-state index is -4.81. The Kier molecular flexibility index (Phi) is 5.96. The van der Waals surface area contributed by atoms with Crippen LogP contribution in [0, 0.1) is 5.92 Å². The van der Waals surface area contributed by atoms with Crippen LogP contribution >= 0.6 is 0 Å². The van der Waals surface area contributed by atoms with E-state index in [1.54, 1.807) is 0 Å². The molecule has 0 spiro atoms. The Labute approximate surface area is 187 Å². The molecule has 2 atom stereocenters. The molecule has 2 heterocycles. The number of halogens is 7. The van der Waals surface area contributed by atoms with Crippen molar-refractivity contribution in [3.63, 3.8) is 0 Å². The summed E-state index contributed by atoms with van der Waals surface area (Å²) in [7, 11) is 0. The van der Waals surface area contributed by atoms with Gasteiger partial charge in [-0.15, -0.1) is 13.2 Å². The van der Waals surface area contributed by atoms with Crippen LogP contribution in [0.25, 0.3) is 11.0 Å². The van der Waals surface area contributed by atoms with E-state index >= 15 is 0 Å². The number of rotatable bonds is 5. The molecule has 180 valence electrons. The maximum absolute atomic E-state index is 14.4. The third kappa shape index (κ3) is 4.97. The summed E-state index contributed by atoms with van der Waals surface area (Å²) < 4.78 is 95.4. The van der Waals surface area contributed by atoms with Crippen LogP contribution in [0.5, 0.6) is 5.75 Å². The van der Waals surface area contributed by atoms with Crippen LogP contribution in [-0.2, 0) is 6.54 Å². The summed E-state index contributed by atoms with van der Waals surface area (Å²) in [5, 5.41) is 7.59. The Morgan fingerprint density at radius 3 is 2.38 bits per heavy atom. The number of nitrogens with zero attached hydrogens (tertiary/aromatic N) is 4. The Morgan fingerprint density at radius 1 is 1.03 bits per heavy atom. The summed E-state index contributed by atoms with van der Waals surface area (Å²) >= 11 is 0. The van der Waals surface area contributed by atoms with E-state index < -0.39 is 30.2 Å². The number of allylic oxidation sites excluding steroid dienone is 4. The van der Waals surface area contributed by atoms with Gasteiger partial charge >= 0.3 is 12.5 Å². The Morgan fingerprint density at radius 2 is 1.74 bits per heavy atom. The van der Waals surface area contributed by atoms with Crippen molar-refractivity contribution in [3.05, 3.63) is 60.1 Å². The smallest absolute Gasteiger partial charge is 0.406 e. The van der Waals surface area contributed by atoms with Gasteiger partial charge in [-0.2, -0.15) is 18.3 Å². The first-order valence-electron chi connectivity index (χ1n) is 9.83. The molecule has 2 unspecified atom stereocenters. The van der Waals surface area contributed by atoms with E-state index in [0.29, 0.717) is 28.1 Å². The lowest BCUT2D eigenvalue weighted by Crippen LogP contribution is -2.30. The number of benzene rings is 1. The van der Waals surface area contributed by atoms with Crippen molar-refractivity contribution in [3.8, 4) is 5.75 Å². The minimum absolute atomic E-state index is 0.00660. The van der Waals surface area contributed by atoms with E-state index in [9.17, 15) is 30.7 Å². The van der Waals surface area contributed by atoms with E-state index in [1.165, 1.54) is 42.3 Å². The predicted octanol–water partition coefficient (Wildman–Crippen LogP) is 5.87. The normalized spacial score (nSPS) is 19.1. The minimum Gasteiger partial charge on any atom is -0.406 e. The van der Waals surface area contributed by atoms with Gasteiger partial charge in [-0.1, -0.05) is 19.1 Å². The van der Waals surface area contributed by atoms with Crippen molar-refractivity contribution in [2.45, 2.75) is 32.2 Å². The summed E-state index contributed by atoms with van der Waals surface area (Å²) in [6.07, 6.45) is -7.13. The molecule has 0 saturated carbocycles. The van der Waals surface area contributed by atoms with Crippen LogP contribution in [0.15, 0.2) is 60.1 Å². The van der Waals surface area contributed by atoms with Crippen LogP contribution < -0.4 is 10.1 Å². The molecule has 1 N–H and O–H groups in total. The summed E-state index contributed by atoms with van der Waals surface area (Å²) in [5.41, 5.74) is -0.0759. The number of hydrogen-bond acceptors (Lipinski definition) is 5. The average Bonchev–Trinajstić information content (AvgIpc) is 3.15. The van der Waals surface area contributed by atoms with Gasteiger partial charge in [-0.25, -0.2) is 19.0 Å². The van der Waals surface area contributed by atoms with Crippen LogP contribution in [0.3, 0.4) is 0 Å². The standard InChI is InChI=1S/C21H16F7N5O/c1-11-12(2-7-16(17(11)22)20(23,24)25)9-33-19-15(8-31-33)18(29-10-30-19)32-13-3-5-14(6-4-13)34-21(26,27)28/h2-8,10-11,17H,9H2,1H3,(H,29,30,32). The molecule has 0 saturated heterocycles. The number of hydrogen-bond donors (Lipinski definition) is 1. The lowest BCUT2D eigenvalue weighted by molar-refractivity contribution is -0.274. The Balaban J connectivity index is 1.56. The second kappa shape index (κ2) is 8.61. The van der Waals surface area contributed by atoms with Crippen molar-refractivity contribution in [2.75, 3.05) is 5.32 Å². The molecule has 0 amide bonds. The average molecular weight is 487 g/mol. The third-order valence-corrected chi connectivity index (χ3v) is 5.24. The second-order valence-electron chi connectivity index (χ2n) is 7.51. The molecule has 3 aromatic rings. The number of alkyl halides is 7. The number of aromatic nitrogens is 4. The molecule has 0 radical (unpaired) electrons. The SMILES string of the molecule is CC1C(Cn2ncc3c(Nc4ccc(OC(F)(F)F)cc4)ncnc32)=CC=C(C(F)(F)F)C1F. The number of fused-ring (bicyclic) bond motifs is 1. The lowest BCUT2D eigenvalue weighted by atomic mass is 9.86. The number of nitrogens with one attached hydrogen (secondary N) is 1. The molecule has 0 bridgehead atoms.